The molecule has 11 nitrogen and oxygen atoms in total. The van der Waals surface area contributed by atoms with Gasteiger partial charge in [0.1, 0.15) is 11.4 Å². The quantitative estimate of drug-likeness (QED) is 0.297. The van der Waals surface area contributed by atoms with Crippen LogP contribution in [0, 0.1) is 0 Å². The summed E-state index contributed by atoms with van der Waals surface area (Å²) in [6, 6.07) is 13.6. The number of ketones is 4. The van der Waals surface area contributed by atoms with Crippen molar-refractivity contribution in [1.29, 1.82) is 0 Å². The second-order valence-electron chi connectivity index (χ2n) is 9.94. The van der Waals surface area contributed by atoms with Crippen molar-refractivity contribution < 1.29 is 19.2 Å². The standard InChI is InChI=1S/C17H10N4O2.C12H13N3O2/c22-16-10-4-1-2-5-11(10)17(23)15-12(16)6-3-7-13(15)19-14-8-9-18-21-20-14;16-9-7-8(13-1-2-13)12(17)11(15-5-6-15)10(9)14-3-4-14/h1-9H,(H,18,19,20);7H,1-6H2. The Morgan fingerprint density at radius 2 is 1.30 bits per heavy atom. The van der Waals surface area contributed by atoms with Crippen LogP contribution in [-0.2, 0) is 9.59 Å². The molecule has 0 radical (unpaired) electrons. The molecule has 3 saturated heterocycles. The average Bonchev–Trinajstić information content (AvgIpc) is 3.82. The van der Waals surface area contributed by atoms with Crippen molar-refractivity contribution in [2.24, 2.45) is 0 Å². The third kappa shape index (κ3) is 4.21. The number of carbonyl (C=O) groups excluding carboxylic acids is 4. The highest BCUT2D eigenvalue weighted by Crippen LogP contribution is 2.34. The molecule has 40 heavy (non-hydrogen) atoms. The van der Waals surface area contributed by atoms with Gasteiger partial charge in [0, 0.05) is 68.1 Å². The van der Waals surface area contributed by atoms with Crippen molar-refractivity contribution in [2.45, 2.75) is 0 Å². The number of anilines is 2. The molecule has 8 rings (SSSR count). The minimum Gasteiger partial charge on any atom is -0.365 e. The minimum atomic E-state index is -0.180. The third-order valence-electron chi connectivity index (χ3n) is 7.21. The van der Waals surface area contributed by atoms with E-state index in [0.29, 0.717) is 50.9 Å². The maximum atomic E-state index is 12.8. The fourth-order valence-electron chi connectivity index (χ4n) is 4.97. The second-order valence-corrected chi connectivity index (χ2v) is 9.94. The number of carbonyl (C=O) groups is 4. The molecule has 3 aliphatic heterocycles. The number of hydrogen-bond donors (Lipinski definition) is 1. The molecule has 198 valence electrons. The SMILES string of the molecule is O=C1C=C(N2CC2)C(=O)C(N2CC2)=C1N1CC1.O=C1c2ccccc2C(=O)c2c(Nc3ccnnn3)cccc21. The molecule has 1 N–H and O–H groups in total. The van der Waals surface area contributed by atoms with E-state index in [1.807, 2.05) is 14.7 Å². The van der Waals surface area contributed by atoms with E-state index in [0.717, 1.165) is 39.3 Å². The molecule has 11 heteroatoms. The van der Waals surface area contributed by atoms with Gasteiger partial charge in [-0.15, -0.1) is 10.2 Å². The van der Waals surface area contributed by atoms with Crippen molar-refractivity contribution in [3.63, 3.8) is 0 Å². The molecule has 0 bridgehead atoms. The van der Waals surface area contributed by atoms with Crippen LogP contribution in [0.2, 0.25) is 0 Å². The van der Waals surface area contributed by atoms with Crippen molar-refractivity contribution in [3.05, 3.63) is 100 Å². The second kappa shape index (κ2) is 9.23. The molecule has 5 aliphatic rings. The van der Waals surface area contributed by atoms with E-state index in [-0.39, 0.29) is 23.1 Å². The first-order valence-electron chi connectivity index (χ1n) is 13.0. The molecule has 2 aliphatic carbocycles. The van der Waals surface area contributed by atoms with E-state index in [1.54, 1.807) is 48.5 Å². The monoisotopic (exact) mass is 533 g/mol. The highest BCUT2D eigenvalue weighted by atomic mass is 16.1. The van der Waals surface area contributed by atoms with E-state index in [4.69, 9.17) is 0 Å². The zero-order chi connectivity index (χ0) is 27.4. The van der Waals surface area contributed by atoms with Crippen LogP contribution < -0.4 is 5.32 Å². The van der Waals surface area contributed by atoms with Gasteiger partial charge < -0.3 is 20.0 Å². The lowest BCUT2D eigenvalue weighted by molar-refractivity contribution is -0.117. The summed E-state index contributed by atoms with van der Waals surface area (Å²) in [4.78, 5) is 55.9. The summed E-state index contributed by atoms with van der Waals surface area (Å²) in [6.45, 7) is 5.41. The zero-order valence-corrected chi connectivity index (χ0v) is 21.3. The van der Waals surface area contributed by atoms with Crippen LogP contribution in [0.4, 0.5) is 11.5 Å². The summed E-state index contributed by atoms with van der Waals surface area (Å²) in [5.41, 5.74) is 4.01. The first-order valence-corrected chi connectivity index (χ1v) is 13.0. The number of nitrogens with zero attached hydrogens (tertiary/aromatic N) is 6. The average molecular weight is 534 g/mol. The molecule has 1 aromatic heterocycles. The first-order chi connectivity index (χ1) is 19.5. The molecule has 3 aromatic rings. The maximum absolute atomic E-state index is 12.8. The van der Waals surface area contributed by atoms with Crippen LogP contribution in [0.25, 0.3) is 0 Å². The largest absolute Gasteiger partial charge is 0.365 e. The minimum absolute atomic E-state index is 0.00546. The van der Waals surface area contributed by atoms with E-state index < -0.39 is 0 Å². The van der Waals surface area contributed by atoms with Gasteiger partial charge in [0.2, 0.25) is 11.6 Å². The summed E-state index contributed by atoms with van der Waals surface area (Å²) >= 11 is 0. The lowest BCUT2D eigenvalue weighted by Gasteiger charge is -2.21. The Labute approximate surface area is 228 Å². The van der Waals surface area contributed by atoms with Crippen molar-refractivity contribution in [1.82, 2.24) is 30.1 Å². The number of fused-ring (bicyclic) bond motifs is 2. The summed E-state index contributed by atoms with van der Waals surface area (Å²) in [5.74, 6) is 0.167. The normalized spacial score (nSPS) is 18.5. The predicted octanol–water partition coefficient (Wildman–Crippen LogP) is 1.57. The third-order valence-corrected chi connectivity index (χ3v) is 7.21. The van der Waals surface area contributed by atoms with Gasteiger partial charge in [-0.3, -0.25) is 19.2 Å². The Morgan fingerprint density at radius 3 is 1.95 bits per heavy atom. The Balaban J connectivity index is 0.000000138. The van der Waals surface area contributed by atoms with Crippen molar-refractivity contribution in [3.8, 4) is 0 Å². The lowest BCUT2D eigenvalue weighted by Crippen LogP contribution is -2.29. The van der Waals surface area contributed by atoms with E-state index in [1.165, 1.54) is 12.3 Å². The molecule has 0 saturated carbocycles. The molecule has 0 atom stereocenters. The van der Waals surface area contributed by atoms with Crippen LogP contribution in [0.3, 0.4) is 0 Å². The molecule has 4 heterocycles. The van der Waals surface area contributed by atoms with Gasteiger partial charge in [-0.05, 0) is 11.3 Å². The van der Waals surface area contributed by atoms with Gasteiger partial charge in [-0.25, -0.2) is 0 Å². The lowest BCUT2D eigenvalue weighted by atomic mass is 9.83. The molecular weight excluding hydrogens is 510 g/mol. The topological polar surface area (TPSA) is 128 Å². The van der Waals surface area contributed by atoms with E-state index >= 15 is 0 Å². The number of aromatic nitrogens is 3. The maximum Gasteiger partial charge on any atom is 0.227 e. The Bertz CT molecular complexity index is 1670. The predicted molar refractivity (Wildman–Crippen MR) is 143 cm³/mol. The molecule has 2 aromatic carbocycles. The summed E-state index contributed by atoms with van der Waals surface area (Å²) < 4.78 is 0. The smallest absolute Gasteiger partial charge is 0.227 e. The number of rotatable bonds is 5. The molecule has 0 spiro atoms. The van der Waals surface area contributed by atoms with Crippen LogP contribution in [0.15, 0.2) is 77.9 Å². The number of Topliss-reactive ketones (excluding diaryl/α,β-unsaturated/α-hetero) is 1. The fourth-order valence-corrected chi connectivity index (χ4v) is 4.97. The molecule has 3 fully saturated rings. The highest BCUT2D eigenvalue weighted by molar-refractivity contribution is 6.30. The van der Waals surface area contributed by atoms with E-state index in [9.17, 15) is 19.2 Å². The van der Waals surface area contributed by atoms with Gasteiger partial charge in [0.05, 0.1) is 23.1 Å². The molecule has 0 amide bonds. The van der Waals surface area contributed by atoms with Gasteiger partial charge in [0.25, 0.3) is 0 Å². The molecular formula is C29H23N7O4. The van der Waals surface area contributed by atoms with E-state index in [2.05, 4.69) is 20.7 Å². The Hall–Kier alpha value is -5.19. The number of allylic oxidation sites excluding steroid dienone is 1. The number of nitrogens with one attached hydrogen (secondary N) is 1. The number of hydrogen-bond acceptors (Lipinski definition) is 11. The summed E-state index contributed by atoms with van der Waals surface area (Å²) in [7, 11) is 0. The summed E-state index contributed by atoms with van der Waals surface area (Å²) in [5, 5.41) is 14.0. The van der Waals surface area contributed by atoms with Crippen LogP contribution >= 0.6 is 0 Å². The fraction of sp³-hybridized carbons (Fsp3) is 0.207. The zero-order valence-electron chi connectivity index (χ0n) is 21.3. The van der Waals surface area contributed by atoms with Crippen LogP contribution in [0.5, 0.6) is 0 Å². The highest BCUT2D eigenvalue weighted by Gasteiger charge is 2.43. The van der Waals surface area contributed by atoms with Gasteiger partial charge in [-0.2, -0.15) is 0 Å². The van der Waals surface area contributed by atoms with Crippen LogP contribution in [-0.4, -0.2) is 92.5 Å². The molecule has 0 unspecified atom stereocenters. The number of benzene rings is 2. The summed E-state index contributed by atoms with van der Waals surface area (Å²) in [6.07, 6.45) is 3.02. The van der Waals surface area contributed by atoms with Crippen molar-refractivity contribution in [2.75, 3.05) is 44.6 Å². The first kappa shape index (κ1) is 23.9. The van der Waals surface area contributed by atoms with Gasteiger partial charge >= 0.3 is 0 Å². The van der Waals surface area contributed by atoms with Crippen LogP contribution in [0.1, 0.15) is 31.8 Å². The van der Waals surface area contributed by atoms with Crippen molar-refractivity contribution >= 4 is 34.6 Å². The van der Waals surface area contributed by atoms with Gasteiger partial charge in [-0.1, -0.05) is 36.4 Å². The Kier molecular flexibility index (Phi) is 5.51. The Morgan fingerprint density at radius 1 is 0.650 bits per heavy atom. The van der Waals surface area contributed by atoms with Gasteiger partial charge in [0.15, 0.2) is 17.4 Å².